The van der Waals surface area contributed by atoms with Crippen LogP contribution in [0.3, 0.4) is 0 Å². The molecule has 4 nitrogen and oxygen atoms in total. The predicted octanol–water partition coefficient (Wildman–Crippen LogP) is 2.42. The number of likely N-dealkylation sites (tertiary alicyclic amines) is 1. The number of carbonyl (C=O) groups excluding carboxylic acids is 1. The lowest BCUT2D eigenvalue weighted by Crippen LogP contribution is -2.39. The van der Waals surface area contributed by atoms with Crippen LogP contribution in [0.5, 0.6) is 5.75 Å². The van der Waals surface area contributed by atoms with Gasteiger partial charge < -0.3 is 10.1 Å². The third kappa shape index (κ3) is 3.73. The summed E-state index contributed by atoms with van der Waals surface area (Å²) < 4.78 is 6.45. The predicted molar refractivity (Wildman–Crippen MR) is 82.8 cm³/mol. The lowest BCUT2D eigenvalue weighted by atomic mass is 9.95. The lowest BCUT2D eigenvalue weighted by Gasteiger charge is -2.31. The van der Waals surface area contributed by atoms with Crippen molar-refractivity contribution < 1.29 is 9.53 Å². The van der Waals surface area contributed by atoms with Gasteiger partial charge in [-0.1, -0.05) is 22.0 Å². The second-order valence-electron chi connectivity index (χ2n) is 5.12. The van der Waals surface area contributed by atoms with Crippen LogP contribution in [0.4, 0.5) is 0 Å². The zero-order valence-corrected chi connectivity index (χ0v) is 13.6. The number of hydrogen-bond acceptors (Lipinski definition) is 3. The molecule has 1 amide bonds. The Balaban J connectivity index is 1.94. The Hall–Kier alpha value is -1.07. The molecule has 0 bridgehead atoms. The molecule has 0 saturated carbocycles. The van der Waals surface area contributed by atoms with Gasteiger partial charge >= 0.3 is 0 Å². The number of rotatable bonds is 4. The first kappa shape index (κ1) is 15.3. The highest BCUT2D eigenvalue weighted by molar-refractivity contribution is 9.10. The standard InChI is InChI=1S/C15H21BrN2O2/c1-17-15(19)11-5-7-18(8-6-11)10-12-3-4-13(16)9-14(12)20-2/h3-4,9,11H,5-8,10H2,1-2H3,(H,17,19). The van der Waals surface area contributed by atoms with Crippen molar-refractivity contribution in [2.75, 3.05) is 27.2 Å². The van der Waals surface area contributed by atoms with E-state index in [9.17, 15) is 4.79 Å². The molecule has 0 aliphatic carbocycles. The molecular formula is C15H21BrN2O2. The average Bonchev–Trinajstić information content (AvgIpc) is 2.49. The van der Waals surface area contributed by atoms with Gasteiger partial charge in [-0.25, -0.2) is 0 Å². The van der Waals surface area contributed by atoms with Crippen molar-refractivity contribution in [3.8, 4) is 5.75 Å². The molecule has 0 unspecified atom stereocenters. The number of methoxy groups -OCH3 is 1. The van der Waals surface area contributed by atoms with Crippen molar-refractivity contribution in [2.45, 2.75) is 19.4 Å². The normalized spacial score (nSPS) is 16.9. The Labute approximate surface area is 128 Å². The van der Waals surface area contributed by atoms with Crippen molar-refractivity contribution in [3.05, 3.63) is 28.2 Å². The number of carbonyl (C=O) groups is 1. The van der Waals surface area contributed by atoms with Gasteiger partial charge in [-0.2, -0.15) is 0 Å². The number of ether oxygens (including phenoxy) is 1. The summed E-state index contributed by atoms with van der Waals surface area (Å²) in [4.78, 5) is 14.0. The highest BCUT2D eigenvalue weighted by atomic mass is 79.9. The molecule has 1 saturated heterocycles. The second-order valence-corrected chi connectivity index (χ2v) is 6.04. The van der Waals surface area contributed by atoms with E-state index >= 15 is 0 Å². The van der Waals surface area contributed by atoms with E-state index < -0.39 is 0 Å². The van der Waals surface area contributed by atoms with Gasteiger partial charge in [0.1, 0.15) is 5.75 Å². The fraction of sp³-hybridized carbons (Fsp3) is 0.533. The van der Waals surface area contributed by atoms with Crippen LogP contribution in [0.1, 0.15) is 18.4 Å². The molecule has 2 rings (SSSR count). The Bertz CT molecular complexity index is 471. The molecule has 1 N–H and O–H groups in total. The average molecular weight is 341 g/mol. The van der Waals surface area contributed by atoms with Gasteiger partial charge in [0.15, 0.2) is 0 Å². The minimum atomic E-state index is 0.170. The molecular weight excluding hydrogens is 320 g/mol. The molecule has 5 heteroatoms. The smallest absolute Gasteiger partial charge is 0.222 e. The van der Waals surface area contributed by atoms with Crippen molar-refractivity contribution >= 4 is 21.8 Å². The fourth-order valence-electron chi connectivity index (χ4n) is 2.65. The van der Waals surface area contributed by atoms with Gasteiger partial charge in [0, 0.05) is 29.5 Å². The molecule has 110 valence electrons. The monoisotopic (exact) mass is 340 g/mol. The van der Waals surface area contributed by atoms with E-state index in [1.54, 1.807) is 14.2 Å². The van der Waals surface area contributed by atoms with E-state index in [-0.39, 0.29) is 11.8 Å². The molecule has 1 heterocycles. The molecule has 0 atom stereocenters. The van der Waals surface area contributed by atoms with Crippen molar-refractivity contribution in [2.24, 2.45) is 5.92 Å². The third-order valence-electron chi connectivity index (χ3n) is 3.85. The molecule has 1 aliphatic heterocycles. The van der Waals surface area contributed by atoms with Crippen LogP contribution >= 0.6 is 15.9 Å². The molecule has 1 aromatic carbocycles. The third-order valence-corrected chi connectivity index (χ3v) is 4.34. The number of hydrogen-bond donors (Lipinski definition) is 1. The first-order valence-corrected chi connectivity index (χ1v) is 7.69. The quantitative estimate of drug-likeness (QED) is 0.915. The topological polar surface area (TPSA) is 41.6 Å². The first-order chi connectivity index (χ1) is 9.63. The fourth-order valence-corrected chi connectivity index (χ4v) is 2.99. The van der Waals surface area contributed by atoms with E-state index in [0.29, 0.717) is 0 Å². The molecule has 20 heavy (non-hydrogen) atoms. The van der Waals surface area contributed by atoms with Gasteiger partial charge in [-0.05, 0) is 38.1 Å². The van der Waals surface area contributed by atoms with Gasteiger partial charge in [-0.3, -0.25) is 9.69 Å². The summed E-state index contributed by atoms with van der Waals surface area (Å²) in [6.45, 7) is 2.78. The van der Waals surface area contributed by atoms with Crippen LogP contribution in [0, 0.1) is 5.92 Å². The van der Waals surface area contributed by atoms with E-state index in [1.165, 1.54) is 5.56 Å². The van der Waals surface area contributed by atoms with E-state index in [4.69, 9.17) is 4.74 Å². The summed E-state index contributed by atoms with van der Waals surface area (Å²) in [6, 6.07) is 6.12. The highest BCUT2D eigenvalue weighted by Crippen LogP contribution is 2.26. The zero-order valence-electron chi connectivity index (χ0n) is 12.0. The summed E-state index contributed by atoms with van der Waals surface area (Å²) in [5, 5.41) is 2.74. The first-order valence-electron chi connectivity index (χ1n) is 6.90. The van der Waals surface area contributed by atoms with E-state index in [2.05, 4.69) is 32.2 Å². The molecule has 1 fully saturated rings. The SMILES string of the molecule is CNC(=O)C1CCN(Cc2ccc(Br)cc2OC)CC1. The number of benzene rings is 1. The molecule has 1 aromatic rings. The number of halogens is 1. The number of nitrogens with zero attached hydrogens (tertiary/aromatic N) is 1. The van der Waals surface area contributed by atoms with Gasteiger partial charge in [0.25, 0.3) is 0 Å². The van der Waals surface area contributed by atoms with Crippen LogP contribution < -0.4 is 10.1 Å². The Morgan fingerprint density at radius 1 is 1.45 bits per heavy atom. The van der Waals surface area contributed by atoms with Crippen LogP contribution in [-0.4, -0.2) is 38.1 Å². The van der Waals surface area contributed by atoms with Crippen molar-refractivity contribution in [1.82, 2.24) is 10.2 Å². The van der Waals surface area contributed by atoms with Crippen molar-refractivity contribution in [1.29, 1.82) is 0 Å². The minimum absolute atomic E-state index is 0.170. The zero-order chi connectivity index (χ0) is 14.5. The van der Waals surface area contributed by atoms with E-state index in [1.807, 2.05) is 12.1 Å². The van der Waals surface area contributed by atoms with Crippen LogP contribution in [-0.2, 0) is 11.3 Å². The Morgan fingerprint density at radius 2 is 2.15 bits per heavy atom. The number of amides is 1. The van der Waals surface area contributed by atoms with Crippen LogP contribution in [0.2, 0.25) is 0 Å². The maximum atomic E-state index is 11.6. The van der Waals surface area contributed by atoms with Crippen LogP contribution in [0.25, 0.3) is 0 Å². The molecule has 0 aromatic heterocycles. The van der Waals surface area contributed by atoms with Gasteiger partial charge in [-0.15, -0.1) is 0 Å². The number of piperidine rings is 1. The summed E-state index contributed by atoms with van der Waals surface area (Å²) in [5.74, 6) is 1.25. The van der Waals surface area contributed by atoms with Crippen LogP contribution in [0.15, 0.2) is 22.7 Å². The molecule has 0 spiro atoms. The van der Waals surface area contributed by atoms with Gasteiger partial charge in [0.05, 0.1) is 7.11 Å². The summed E-state index contributed by atoms with van der Waals surface area (Å²) in [6.07, 6.45) is 1.86. The van der Waals surface area contributed by atoms with Crippen molar-refractivity contribution in [3.63, 3.8) is 0 Å². The Kier molecular flexibility index (Phi) is 5.43. The summed E-state index contributed by atoms with van der Waals surface area (Å²) in [7, 11) is 3.41. The highest BCUT2D eigenvalue weighted by Gasteiger charge is 2.24. The summed E-state index contributed by atoms with van der Waals surface area (Å²) >= 11 is 3.46. The Morgan fingerprint density at radius 3 is 2.75 bits per heavy atom. The maximum absolute atomic E-state index is 11.6. The van der Waals surface area contributed by atoms with Gasteiger partial charge in [0.2, 0.25) is 5.91 Å². The molecule has 1 aliphatic rings. The lowest BCUT2D eigenvalue weighted by molar-refractivity contribution is -0.125. The second kappa shape index (κ2) is 7.09. The van der Waals surface area contributed by atoms with E-state index in [0.717, 1.165) is 42.7 Å². The summed E-state index contributed by atoms with van der Waals surface area (Å²) in [5.41, 5.74) is 1.19. The number of nitrogens with one attached hydrogen (secondary N) is 1. The molecule has 0 radical (unpaired) electrons. The minimum Gasteiger partial charge on any atom is -0.496 e. The maximum Gasteiger partial charge on any atom is 0.222 e. The largest absolute Gasteiger partial charge is 0.496 e.